The number of benzene rings is 1. The lowest BCUT2D eigenvalue weighted by atomic mass is 10.2. The van der Waals surface area contributed by atoms with Crippen molar-refractivity contribution in [3.63, 3.8) is 0 Å². The summed E-state index contributed by atoms with van der Waals surface area (Å²) in [5.74, 6) is 2.01. The van der Waals surface area contributed by atoms with Crippen LogP contribution < -0.4 is 21.1 Å². The number of nitrogens with two attached hydrogens (primary N) is 1. The van der Waals surface area contributed by atoms with E-state index in [1.807, 2.05) is 54.6 Å². The van der Waals surface area contributed by atoms with Crippen molar-refractivity contribution in [2.45, 2.75) is 13.1 Å². The summed E-state index contributed by atoms with van der Waals surface area (Å²) in [6.45, 7) is 0.857. The van der Waals surface area contributed by atoms with Crippen LogP contribution in [0.3, 0.4) is 0 Å². The molecule has 3 heterocycles. The van der Waals surface area contributed by atoms with Gasteiger partial charge in [-0.25, -0.2) is 4.98 Å². The quantitative estimate of drug-likeness (QED) is 0.383. The Bertz CT molecular complexity index is 1110. The number of aromatic nitrogens is 1. The molecule has 1 amide bonds. The number of anilines is 2. The minimum Gasteiger partial charge on any atom is -0.467 e. The Morgan fingerprint density at radius 3 is 2.67 bits per heavy atom. The molecule has 0 aliphatic carbocycles. The number of carbonyl (C=O) groups is 1. The maximum Gasteiger partial charge on any atom is 0.255 e. The number of para-hydroxylation sites is 1. The molecule has 0 saturated heterocycles. The monoisotopic (exact) mass is 420 g/mol. The summed E-state index contributed by atoms with van der Waals surface area (Å²) in [5.41, 5.74) is 6.31. The number of ether oxygens (including phenoxy) is 1. The standard InChI is InChI=1S/C22H20N4O3S/c23-21-18(9-10-19(26-21)24-13-16-7-4-12-28-16)22(27)25-14-17-8-11-20(30-17)29-15-5-2-1-3-6-15/h1-12H,13-14H2,(H,25,27)(H3,23,24,26). The van der Waals surface area contributed by atoms with E-state index in [0.717, 1.165) is 21.5 Å². The van der Waals surface area contributed by atoms with E-state index in [2.05, 4.69) is 15.6 Å². The number of nitrogen functional groups attached to an aromatic ring is 1. The lowest BCUT2D eigenvalue weighted by Crippen LogP contribution is -2.23. The van der Waals surface area contributed by atoms with E-state index in [1.165, 1.54) is 11.3 Å². The fourth-order valence-electron chi connectivity index (χ4n) is 2.73. The number of carbonyl (C=O) groups excluding carboxylic acids is 1. The van der Waals surface area contributed by atoms with Gasteiger partial charge in [-0.1, -0.05) is 18.2 Å². The number of amides is 1. The zero-order valence-electron chi connectivity index (χ0n) is 16.0. The molecule has 0 unspecified atom stereocenters. The number of thiophene rings is 1. The molecule has 0 aliphatic heterocycles. The van der Waals surface area contributed by atoms with Crippen LogP contribution in [0.1, 0.15) is 21.0 Å². The molecule has 4 N–H and O–H groups in total. The van der Waals surface area contributed by atoms with Crippen LogP contribution in [0.15, 0.2) is 77.4 Å². The highest BCUT2D eigenvalue weighted by Gasteiger charge is 2.12. The van der Waals surface area contributed by atoms with E-state index >= 15 is 0 Å². The molecule has 3 aromatic heterocycles. The Labute approximate surface area is 177 Å². The van der Waals surface area contributed by atoms with Crippen molar-refractivity contribution in [3.05, 3.63) is 89.2 Å². The van der Waals surface area contributed by atoms with Gasteiger partial charge in [-0.3, -0.25) is 4.79 Å². The van der Waals surface area contributed by atoms with Crippen LogP contribution in [0.5, 0.6) is 10.8 Å². The number of nitrogens with one attached hydrogen (secondary N) is 2. The SMILES string of the molecule is Nc1nc(NCc2ccco2)ccc1C(=O)NCc1ccc(Oc2ccccc2)s1. The topological polar surface area (TPSA) is 102 Å². The van der Waals surface area contributed by atoms with Crippen LogP contribution in [0.2, 0.25) is 0 Å². The van der Waals surface area contributed by atoms with Crippen LogP contribution in [0.4, 0.5) is 11.6 Å². The predicted molar refractivity (Wildman–Crippen MR) is 117 cm³/mol. The minimum atomic E-state index is -0.281. The fourth-order valence-corrected chi connectivity index (χ4v) is 3.54. The molecular formula is C22H20N4O3S. The maximum atomic E-state index is 12.5. The molecule has 0 aliphatic rings. The molecule has 0 spiro atoms. The molecule has 0 bridgehead atoms. The molecule has 0 radical (unpaired) electrons. The molecule has 30 heavy (non-hydrogen) atoms. The van der Waals surface area contributed by atoms with Gasteiger partial charge in [0.1, 0.15) is 23.1 Å². The highest BCUT2D eigenvalue weighted by molar-refractivity contribution is 7.13. The largest absolute Gasteiger partial charge is 0.467 e. The Morgan fingerprint density at radius 1 is 1.03 bits per heavy atom. The number of pyridine rings is 1. The Morgan fingerprint density at radius 2 is 1.90 bits per heavy atom. The van der Waals surface area contributed by atoms with Gasteiger partial charge in [0, 0.05) is 4.88 Å². The number of nitrogens with zero attached hydrogens (tertiary/aromatic N) is 1. The second-order valence-electron chi connectivity index (χ2n) is 6.38. The van der Waals surface area contributed by atoms with Gasteiger partial charge in [0.05, 0.1) is 24.9 Å². The summed E-state index contributed by atoms with van der Waals surface area (Å²) in [6.07, 6.45) is 1.61. The zero-order chi connectivity index (χ0) is 20.8. The normalized spacial score (nSPS) is 10.5. The molecule has 0 saturated carbocycles. The van der Waals surface area contributed by atoms with Gasteiger partial charge < -0.3 is 25.5 Å². The van der Waals surface area contributed by atoms with Gasteiger partial charge in [-0.05, 0) is 48.5 Å². The molecule has 4 rings (SSSR count). The first-order chi connectivity index (χ1) is 14.7. The first-order valence-corrected chi connectivity index (χ1v) is 10.1. The Hall–Kier alpha value is -3.78. The first kappa shape index (κ1) is 19.5. The van der Waals surface area contributed by atoms with Gasteiger partial charge in [0.15, 0.2) is 5.06 Å². The van der Waals surface area contributed by atoms with Crippen molar-refractivity contribution in [1.82, 2.24) is 10.3 Å². The van der Waals surface area contributed by atoms with Crippen molar-refractivity contribution in [2.75, 3.05) is 11.1 Å². The molecule has 0 fully saturated rings. The number of hydrogen-bond acceptors (Lipinski definition) is 7. The summed E-state index contributed by atoms with van der Waals surface area (Å²) in [5, 5.41) is 6.74. The second-order valence-corrected chi connectivity index (χ2v) is 7.51. The third-order valence-electron chi connectivity index (χ3n) is 4.22. The van der Waals surface area contributed by atoms with Crippen molar-refractivity contribution in [3.8, 4) is 10.8 Å². The molecule has 8 heteroatoms. The average molecular weight is 420 g/mol. The molecule has 7 nitrogen and oxygen atoms in total. The van der Waals surface area contributed by atoms with E-state index in [-0.39, 0.29) is 11.7 Å². The summed E-state index contributed by atoms with van der Waals surface area (Å²) >= 11 is 1.47. The lowest BCUT2D eigenvalue weighted by molar-refractivity contribution is 0.0952. The summed E-state index contributed by atoms with van der Waals surface area (Å²) in [7, 11) is 0. The first-order valence-electron chi connectivity index (χ1n) is 9.30. The predicted octanol–water partition coefficient (Wildman–Crippen LogP) is 4.65. The minimum absolute atomic E-state index is 0.163. The smallest absolute Gasteiger partial charge is 0.255 e. The number of rotatable bonds is 8. The highest BCUT2D eigenvalue weighted by atomic mass is 32.1. The summed E-state index contributed by atoms with van der Waals surface area (Å²) in [4.78, 5) is 17.7. The molecule has 152 valence electrons. The number of furan rings is 1. The van der Waals surface area contributed by atoms with Crippen LogP contribution in [-0.4, -0.2) is 10.9 Å². The van der Waals surface area contributed by atoms with Crippen molar-refractivity contribution in [2.24, 2.45) is 0 Å². The van der Waals surface area contributed by atoms with Crippen LogP contribution in [-0.2, 0) is 13.1 Å². The van der Waals surface area contributed by atoms with Gasteiger partial charge >= 0.3 is 0 Å². The third-order valence-corrected chi connectivity index (χ3v) is 5.18. The van der Waals surface area contributed by atoms with E-state index in [9.17, 15) is 4.79 Å². The molecule has 4 aromatic rings. The highest BCUT2D eigenvalue weighted by Crippen LogP contribution is 2.29. The maximum absolute atomic E-state index is 12.5. The van der Waals surface area contributed by atoms with Crippen LogP contribution in [0, 0.1) is 0 Å². The summed E-state index contributed by atoms with van der Waals surface area (Å²) in [6, 6.07) is 20.4. The molecular weight excluding hydrogens is 400 g/mol. The fraction of sp³-hybridized carbons (Fsp3) is 0.0909. The van der Waals surface area contributed by atoms with Crippen molar-refractivity contribution in [1.29, 1.82) is 0 Å². The Balaban J connectivity index is 1.31. The van der Waals surface area contributed by atoms with Crippen LogP contribution in [0.25, 0.3) is 0 Å². The second kappa shape index (κ2) is 9.15. The van der Waals surface area contributed by atoms with Crippen molar-refractivity contribution < 1.29 is 13.9 Å². The van der Waals surface area contributed by atoms with Crippen molar-refractivity contribution >= 4 is 28.9 Å². The van der Waals surface area contributed by atoms with Gasteiger partial charge in [-0.15, -0.1) is 11.3 Å². The summed E-state index contributed by atoms with van der Waals surface area (Å²) < 4.78 is 11.1. The van der Waals surface area contributed by atoms with E-state index in [4.69, 9.17) is 14.9 Å². The van der Waals surface area contributed by atoms with E-state index in [0.29, 0.717) is 24.5 Å². The van der Waals surface area contributed by atoms with E-state index < -0.39 is 0 Å². The van der Waals surface area contributed by atoms with Crippen LogP contribution >= 0.6 is 11.3 Å². The third kappa shape index (κ3) is 4.98. The molecule has 1 aromatic carbocycles. The lowest BCUT2D eigenvalue weighted by Gasteiger charge is -2.09. The van der Waals surface area contributed by atoms with E-state index in [1.54, 1.807) is 18.4 Å². The Kier molecular flexibility index (Phi) is 5.95. The zero-order valence-corrected chi connectivity index (χ0v) is 16.8. The van der Waals surface area contributed by atoms with Gasteiger partial charge in [-0.2, -0.15) is 0 Å². The van der Waals surface area contributed by atoms with Gasteiger partial charge in [0.2, 0.25) is 0 Å². The number of hydrogen-bond donors (Lipinski definition) is 3. The molecule has 0 atom stereocenters. The average Bonchev–Trinajstić information content (AvgIpc) is 3.43. The van der Waals surface area contributed by atoms with Gasteiger partial charge in [0.25, 0.3) is 5.91 Å².